The predicted molar refractivity (Wildman–Crippen MR) is 60.2 cm³/mol. The molecule has 0 saturated carbocycles. The molecular formula is C11H16OSi. The van der Waals surface area contributed by atoms with E-state index in [2.05, 4.69) is 20.4 Å². The van der Waals surface area contributed by atoms with Crippen LogP contribution >= 0.6 is 0 Å². The summed E-state index contributed by atoms with van der Waals surface area (Å²) in [5.74, 6) is 0.820. The summed E-state index contributed by atoms with van der Waals surface area (Å²) in [6.07, 6.45) is 0. The van der Waals surface area contributed by atoms with Crippen molar-refractivity contribution in [2.45, 2.75) is 19.4 Å². The maximum Gasteiger partial charge on any atom is 0.222 e. The van der Waals surface area contributed by atoms with Crippen molar-refractivity contribution < 1.29 is 4.43 Å². The van der Waals surface area contributed by atoms with Gasteiger partial charge in [-0.3, -0.25) is 0 Å². The van der Waals surface area contributed by atoms with E-state index in [1.165, 1.54) is 0 Å². The number of hydrogen-bond acceptors (Lipinski definition) is 1. The SMILES string of the molecule is C=C(O[SiH2]C(C)C)c1ccccc1. The second kappa shape index (κ2) is 4.87. The average Bonchev–Trinajstić information content (AvgIpc) is 2.15. The van der Waals surface area contributed by atoms with Gasteiger partial charge in [0, 0.05) is 5.56 Å². The first-order valence-corrected chi connectivity index (χ1v) is 5.96. The van der Waals surface area contributed by atoms with Crippen molar-refractivity contribution >= 4 is 15.5 Å². The van der Waals surface area contributed by atoms with E-state index in [-0.39, 0.29) is 0 Å². The van der Waals surface area contributed by atoms with Crippen molar-refractivity contribution in [3.63, 3.8) is 0 Å². The van der Waals surface area contributed by atoms with Gasteiger partial charge in [-0.1, -0.05) is 50.8 Å². The Balaban J connectivity index is 2.50. The van der Waals surface area contributed by atoms with E-state index in [0.29, 0.717) is 5.54 Å². The van der Waals surface area contributed by atoms with Gasteiger partial charge in [-0.15, -0.1) is 0 Å². The van der Waals surface area contributed by atoms with Crippen LogP contribution in [0.3, 0.4) is 0 Å². The van der Waals surface area contributed by atoms with Gasteiger partial charge in [-0.25, -0.2) is 0 Å². The van der Waals surface area contributed by atoms with Crippen molar-refractivity contribution in [1.29, 1.82) is 0 Å². The van der Waals surface area contributed by atoms with Crippen LogP contribution in [-0.2, 0) is 4.43 Å². The summed E-state index contributed by atoms with van der Waals surface area (Å²) < 4.78 is 5.63. The summed E-state index contributed by atoms with van der Waals surface area (Å²) in [5, 5.41) is 0. The molecule has 13 heavy (non-hydrogen) atoms. The van der Waals surface area contributed by atoms with Crippen LogP contribution in [-0.4, -0.2) is 9.76 Å². The molecule has 1 rings (SSSR count). The van der Waals surface area contributed by atoms with E-state index in [9.17, 15) is 0 Å². The molecule has 0 saturated heterocycles. The molecule has 0 N–H and O–H groups in total. The largest absolute Gasteiger partial charge is 0.549 e. The minimum atomic E-state index is -0.445. The fraction of sp³-hybridized carbons (Fsp3) is 0.273. The van der Waals surface area contributed by atoms with Gasteiger partial charge >= 0.3 is 0 Å². The highest BCUT2D eigenvalue weighted by atomic mass is 28.2. The highest BCUT2D eigenvalue weighted by Gasteiger charge is 2.00. The van der Waals surface area contributed by atoms with Gasteiger partial charge in [0.2, 0.25) is 9.76 Å². The molecular weight excluding hydrogens is 176 g/mol. The summed E-state index contributed by atoms with van der Waals surface area (Å²) in [7, 11) is -0.445. The normalized spacial score (nSPS) is 11.0. The lowest BCUT2D eigenvalue weighted by molar-refractivity contribution is 0.541. The summed E-state index contributed by atoms with van der Waals surface area (Å²) in [4.78, 5) is 0. The number of benzene rings is 1. The Hall–Kier alpha value is -1.02. The maximum absolute atomic E-state index is 5.63. The van der Waals surface area contributed by atoms with Crippen LogP contribution in [0.1, 0.15) is 19.4 Å². The van der Waals surface area contributed by atoms with Crippen LogP contribution in [0.2, 0.25) is 5.54 Å². The maximum atomic E-state index is 5.63. The number of rotatable bonds is 4. The summed E-state index contributed by atoms with van der Waals surface area (Å²) in [6.45, 7) is 8.28. The van der Waals surface area contributed by atoms with Gasteiger partial charge in [0.1, 0.15) is 5.76 Å². The van der Waals surface area contributed by atoms with E-state index in [1.54, 1.807) is 0 Å². The third-order valence-electron chi connectivity index (χ3n) is 1.69. The third-order valence-corrected chi connectivity index (χ3v) is 2.87. The first-order chi connectivity index (χ1) is 6.20. The lowest BCUT2D eigenvalue weighted by atomic mass is 10.2. The van der Waals surface area contributed by atoms with Gasteiger partial charge < -0.3 is 4.43 Å². The van der Waals surface area contributed by atoms with E-state index in [1.807, 2.05) is 30.3 Å². The topological polar surface area (TPSA) is 9.23 Å². The van der Waals surface area contributed by atoms with Crippen LogP contribution in [0.25, 0.3) is 5.76 Å². The van der Waals surface area contributed by atoms with E-state index < -0.39 is 9.76 Å². The van der Waals surface area contributed by atoms with Crippen LogP contribution in [0.4, 0.5) is 0 Å². The zero-order valence-corrected chi connectivity index (χ0v) is 9.70. The van der Waals surface area contributed by atoms with Gasteiger partial charge in [-0.2, -0.15) is 0 Å². The molecule has 2 heteroatoms. The Labute approximate surface area is 82.4 Å². The Bertz CT molecular complexity index is 267. The molecule has 0 heterocycles. The van der Waals surface area contributed by atoms with Crippen molar-refractivity contribution in [3.05, 3.63) is 42.5 Å². The fourth-order valence-corrected chi connectivity index (χ4v) is 1.68. The predicted octanol–water partition coefficient (Wildman–Crippen LogP) is 2.59. The Morgan fingerprint density at radius 1 is 1.31 bits per heavy atom. The molecule has 0 spiro atoms. The van der Waals surface area contributed by atoms with Crippen LogP contribution < -0.4 is 0 Å². The second-order valence-electron chi connectivity index (χ2n) is 3.49. The van der Waals surface area contributed by atoms with Gasteiger partial charge in [0.25, 0.3) is 0 Å². The molecule has 0 aliphatic rings. The highest BCUT2D eigenvalue weighted by Crippen LogP contribution is 2.13. The van der Waals surface area contributed by atoms with Gasteiger partial charge in [-0.05, 0) is 5.54 Å². The van der Waals surface area contributed by atoms with Gasteiger partial charge in [0.15, 0.2) is 0 Å². The van der Waals surface area contributed by atoms with Crippen molar-refractivity contribution in [3.8, 4) is 0 Å². The van der Waals surface area contributed by atoms with E-state index in [4.69, 9.17) is 4.43 Å². The monoisotopic (exact) mass is 192 g/mol. The smallest absolute Gasteiger partial charge is 0.222 e. The minimum Gasteiger partial charge on any atom is -0.549 e. The van der Waals surface area contributed by atoms with Crippen molar-refractivity contribution in [2.75, 3.05) is 0 Å². The van der Waals surface area contributed by atoms with Crippen LogP contribution in [0.5, 0.6) is 0 Å². The lowest BCUT2D eigenvalue weighted by Crippen LogP contribution is -2.01. The minimum absolute atomic E-state index is 0.445. The quantitative estimate of drug-likeness (QED) is 0.526. The van der Waals surface area contributed by atoms with Crippen LogP contribution in [0, 0.1) is 0 Å². The molecule has 0 fully saturated rings. The molecule has 0 aliphatic heterocycles. The standard InChI is InChI=1S/C11H16OSi/c1-9(2)13-12-10(3)11-7-5-4-6-8-11/h4-9H,3,13H2,1-2H3. The Morgan fingerprint density at radius 3 is 2.46 bits per heavy atom. The third kappa shape index (κ3) is 3.47. The van der Waals surface area contributed by atoms with Crippen molar-refractivity contribution in [1.82, 2.24) is 0 Å². The first-order valence-electron chi connectivity index (χ1n) is 4.57. The average molecular weight is 192 g/mol. The zero-order chi connectivity index (χ0) is 9.68. The summed E-state index contributed by atoms with van der Waals surface area (Å²) >= 11 is 0. The second-order valence-corrected chi connectivity index (χ2v) is 5.75. The molecule has 0 atom stereocenters. The molecule has 0 unspecified atom stereocenters. The molecule has 0 aromatic heterocycles. The molecule has 0 radical (unpaired) electrons. The molecule has 0 bridgehead atoms. The zero-order valence-electron chi connectivity index (χ0n) is 8.29. The molecule has 1 aromatic rings. The van der Waals surface area contributed by atoms with E-state index >= 15 is 0 Å². The van der Waals surface area contributed by atoms with Gasteiger partial charge in [0.05, 0.1) is 0 Å². The van der Waals surface area contributed by atoms with Crippen molar-refractivity contribution in [2.24, 2.45) is 0 Å². The Morgan fingerprint density at radius 2 is 1.92 bits per heavy atom. The number of hydrogen-bond donors (Lipinski definition) is 0. The van der Waals surface area contributed by atoms with Crippen LogP contribution in [0.15, 0.2) is 36.9 Å². The Kier molecular flexibility index (Phi) is 3.77. The summed E-state index contributed by atoms with van der Waals surface area (Å²) in [6, 6.07) is 10.0. The first kappa shape index (κ1) is 10.1. The molecule has 1 nitrogen and oxygen atoms in total. The highest BCUT2D eigenvalue weighted by molar-refractivity contribution is 6.30. The summed E-state index contributed by atoms with van der Waals surface area (Å²) in [5.41, 5.74) is 1.77. The molecule has 0 amide bonds. The lowest BCUT2D eigenvalue weighted by Gasteiger charge is -2.10. The fourth-order valence-electron chi connectivity index (χ4n) is 0.975. The molecule has 1 aromatic carbocycles. The van der Waals surface area contributed by atoms with E-state index in [0.717, 1.165) is 11.3 Å². The molecule has 70 valence electrons. The molecule has 0 aliphatic carbocycles.